The molecule has 0 N–H and O–H groups in total. The number of carbonyl (C=O) groups excluding carboxylic acids is 1. The average Bonchev–Trinajstić information content (AvgIpc) is 1.98. The molecule has 2 heteroatoms. The van der Waals surface area contributed by atoms with E-state index in [0.29, 0.717) is 0 Å². The van der Waals surface area contributed by atoms with Gasteiger partial charge in [0, 0.05) is 0 Å². The van der Waals surface area contributed by atoms with Gasteiger partial charge < -0.3 is 4.74 Å². The van der Waals surface area contributed by atoms with Gasteiger partial charge in [0.25, 0.3) is 0 Å². The van der Waals surface area contributed by atoms with Gasteiger partial charge in [-0.25, -0.2) is 0 Å². The highest BCUT2D eigenvalue weighted by molar-refractivity contribution is 5.80. The summed E-state index contributed by atoms with van der Waals surface area (Å²) in [4.78, 5) is 12.2. The quantitative estimate of drug-likeness (QED) is 0.538. The summed E-state index contributed by atoms with van der Waals surface area (Å²) in [5, 5.41) is 0. The molecule has 0 saturated heterocycles. The van der Waals surface area contributed by atoms with Crippen LogP contribution in [0.2, 0.25) is 0 Å². The molecule has 0 aliphatic rings. The molecule has 0 bridgehead atoms. The minimum absolute atomic E-state index is 0.0697. The van der Waals surface area contributed by atoms with Crippen LogP contribution in [0.1, 0.15) is 55.4 Å². The minimum atomic E-state index is -0.573. The summed E-state index contributed by atoms with van der Waals surface area (Å²) in [6.45, 7) is 15.9. The molecule has 94 valence electrons. The number of ether oxygens (including phenoxy) is 1. The highest BCUT2D eigenvalue weighted by Crippen LogP contribution is 2.41. The Bertz CT molecular complexity index is 278. The van der Waals surface area contributed by atoms with Gasteiger partial charge in [-0.15, -0.1) is 0 Å². The Morgan fingerprint density at radius 3 is 1.81 bits per heavy atom. The number of esters is 1. The molecular formula is C14H26O2. The van der Waals surface area contributed by atoms with Crippen molar-refractivity contribution in [2.24, 2.45) is 10.8 Å². The number of rotatable bonds is 3. The van der Waals surface area contributed by atoms with E-state index in [1.165, 1.54) is 0 Å². The first kappa shape index (κ1) is 15.2. The second-order valence-corrected chi connectivity index (χ2v) is 6.13. The van der Waals surface area contributed by atoms with Gasteiger partial charge in [0.2, 0.25) is 0 Å². The molecule has 1 unspecified atom stereocenters. The molecule has 0 aromatic heterocycles. The Hall–Kier alpha value is -0.790. The largest absolute Gasteiger partial charge is 0.462 e. The predicted molar refractivity (Wildman–Crippen MR) is 68.2 cm³/mol. The van der Waals surface area contributed by atoms with Crippen LogP contribution in [0.5, 0.6) is 0 Å². The third-order valence-electron chi connectivity index (χ3n) is 2.90. The summed E-state index contributed by atoms with van der Waals surface area (Å²) in [5.74, 6) is -0.142. The van der Waals surface area contributed by atoms with Crippen molar-refractivity contribution in [1.29, 1.82) is 0 Å². The van der Waals surface area contributed by atoms with Gasteiger partial charge in [-0.1, -0.05) is 32.4 Å². The average molecular weight is 226 g/mol. The molecule has 0 aliphatic heterocycles. The zero-order chi connectivity index (χ0) is 13.1. The number of allylic oxidation sites excluding steroid dienone is 1. The van der Waals surface area contributed by atoms with Crippen molar-refractivity contribution < 1.29 is 9.53 Å². The number of carbonyl (C=O) groups is 1. The maximum absolute atomic E-state index is 12.2. The molecule has 2 nitrogen and oxygen atoms in total. The zero-order valence-corrected chi connectivity index (χ0v) is 12.0. The molecule has 0 aromatic carbocycles. The molecule has 0 aromatic rings. The minimum Gasteiger partial charge on any atom is -0.462 e. The van der Waals surface area contributed by atoms with Crippen LogP contribution >= 0.6 is 0 Å². The Morgan fingerprint density at radius 2 is 1.56 bits per heavy atom. The first-order valence-corrected chi connectivity index (χ1v) is 5.88. The normalized spacial score (nSPS) is 15.6. The fourth-order valence-corrected chi connectivity index (χ4v) is 1.50. The predicted octanol–water partition coefficient (Wildman–Crippen LogP) is 3.96. The van der Waals surface area contributed by atoms with Crippen LogP contribution < -0.4 is 0 Å². The number of hydrogen-bond donors (Lipinski definition) is 0. The molecule has 16 heavy (non-hydrogen) atoms. The SMILES string of the molecule is CC(C)=CC(C)(C(=O)OC(C)C)C(C)(C)C. The Morgan fingerprint density at radius 1 is 1.12 bits per heavy atom. The van der Waals surface area contributed by atoms with Crippen LogP contribution in [0.4, 0.5) is 0 Å². The summed E-state index contributed by atoms with van der Waals surface area (Å²) >= 11 is 0. The van der Waals surface area contributed by atoms with Gasteiger partial charge in [-0.05, 0) is 40.0 Å². The summed E-state index contributed by atoms with van der Waals surface area (Å²) in [6.07, 6.45) is 1.94. The fraction of sp³-hybridized carbons (Fsp3) is 0.786. The van der Waals surface area contributed by atoms with Crippen molar-refractivity contribution in [3.8, 4) is 0 Å². The van der Waals surface area contributed by atoms with Crippen molar-refractivity contribution in [1.82, 2.24) is 0 Å². The maximum atomic E-state index is 12.2. The first-order chi connectivity index (χ1) is 7.00. The van der Waals surface area contributed by atoms with Crippen LogP contribution in [-0.4, -0.2) is 12.1 Å². The molecule has 0 aliphatic carbocycles. The van der Waals surface area contributed by atoms with E-state index in [4.69, 9.17) is 4.74 Å². The molecule has 0 fully saturated rings. The van der Waals surface area contributed by atoms with Crippen molar-refractivity contribution in [2.45, 2.75) is 61.5 Å². The molecule has 0 rings (SSSR count). The van der Waals surface area contributed by atoms with Crippen molar-refractivity contribution >= 4 is 5.97 Å². The molecule has 1 atom stereocenters. The van der Waals surface area contributed by atoms with Gasteiger partial charge in [-0.3, -0.25) is 4.79 Å². The fourth-order valence-electron chi connectivity index (χ4n) is 1.50. The lowest BCUT2D eigenvalue weighted by atomic mass is 9.67. The van der Waals surface area contributed by atoms with E-state index in [2.05, 4.69) is 20.8 Å². The first-order valence-electron chi connectivity index (χ1n) is 5.88. The van der Waals surface area contributed by atoms with Crippen molar-refractivity contribution in [3.05, 3.63) is 11.6 Å². The van der Waals surface area contributed by atoms with E-state index >= 15 is 0 Å². The molecule has 0 amide bonds. The lowest BCUT2D eigenvalue weighted by molar-refractivity contribution is -0.161. The maximum Gasteiger partial charge on any atom is 0.316 e. The summed E-state index contributed by atoms with van der Waals surface area (Å²) in [7, 11) is 0. The van der Waals surface area contributed by atoms with E-state index in [0.717, 1.165) is 5.57 Å². The second-order valence-electron chi connectivity index (χ2n) is 6.13. The van der Waals surface area contributed by atoms with E-state index in [1.807, 2.05) is 40.7 Å². The standard InChI is InChI=1S/C14H26O2/c1-10(2)9-14(8,13(5,6)7)12(15)16-11(3)4/h9,11H,1-8H3. The lowest BCUT2D eigenvalue weighted by Gasteiger charge is -2.38. The van der Waals surface area contributed by atoms with Gasteiger partial charge in [0.05, 0.1) is 11.5 Å². The van der Waals surface area contributed by atoms with Crippen LogP contribution in [0.15, 0.2) is 11.6 Å². The van der Waals surface area contributed by atoms with Crippen LogP contribution in [0.3, 0.4) is 0 Å². The van der Waals surface area contributed by atoms with E-state index in [9.17, 15) is 4.79 Å². The third kappa shape index (κ3) is 3.66. The summed E-state index contributed by atoms with van der Waals surface area (Å²) in [5.41, 5.74) is 0.407. The van der Waals surface area contributed by atoms with Crippen molar-refractivity contribution in [3.63, 3.8) is 0 Å². The van der Waals surface area contributed by atoms with E-state index in [1.54, 1.807) is 0 Å². The van der Waals surface area contributed by atoms with Gasteiger partial charge in [0.15, 0.2) is 0 Å². The third-order valence-corrected chi connectivity index (χ3v) is 2.90. The molecule has 0 heterocycles. The molecular weight excluding hydrogens is 200 g/mol. The smallest absolute Gasteiger partial charge is 0.316 e. The Kier molecular flexibility index (Phi) is 4.78. The van der Waals surface area contributed by atoms with Crippen LogP contribution in [0, 0.1) is 10.8 Å². The highest BCUT2D eigenvalue weighted by atomic mass is 16.5. The number of hydrogen-bond acceptors (Lipinski definition) is 2. The summed E-state index contributed by atoms with van der Waals surface area (Å²) < 4.78 is 5.36. The zero-order valence-electron chi connectivity index (χ0n) is 12.0. The van der Waals surface area contributed by atoms with Crippen molar-refractivity contribution in [2.75, 3.05) is 0 Å². The monoisotopic (exact) mass is 226 g/mol. The highest BCUT2D eigenvalue weighted by Gasteiger charge is 2.44. The molecule has 0 spiro atoms. The Balaban J connectivity index is 5.26. The summed E-state index contributed by atoms with van der Waals surface area (Å²) in [6, 6.07) is 0. The van der Waals surface area contributed by atoms with Gasteiger partial charge in [-0.2, -0.15) is 0 Å². The van der Waals surface area contributed by atoms with Gasteiger partial charge in [0.1, 0.15) is 0 Å². The lowest BCUT2D eigenvalue weighted by Crippen LogP contribution is -2.41. The van der Waals surface area contributed by atoms with E-state index in [-0.39, 0.29) is 17.5 Å². The van der Waals surface area contributed by atoms with E-state index < -0.39 is 5.41 Å². The molecule has 0 radical (unpaired) electrons. The topological polar surface area (TPSA) is 26.3 Å². The van der Waals surface area contributed by atoms with Crippen LogP contribution in [0.25, 0.3) is 0 Å². The van der Waals surface area contributed by atoms with Crippen LogP contribution in [-0.2, 0) is 9.53 Å². The molecule has 0 saturated carbocycles. The Labute approximate surface area is 100 Å². The second kappa shape index (κ2) is 5.03. The van der Waals surface area contributed by atoms with Gasteiger partial charge >= 0.3 is 5.97 Å².